The Labute approximate surface area is 94.3 Å². The van der Waals surface area contributed by atoms with Crippen LogP contribution in [0, 0.1) is 17.0 Å². The van der Waals surface area contributed by atoms with E-state index in [2.05, 4.69) is 4.98 Å². The number of hydrogen-bond donors (Lipinski definition) is 1. The van der Waals surface area contributed by atoms with E-state index in [1.165, 1.54) is 12.3 Å². The molecule has 0 saturated carbocycles. The Hall–Kier alpha value is -1.49. The highest BCUT2D eigenvalue weighted by Crippen LogP contribution is 2.18. The van der Waals surface area contributed by atoms with E-state index in [0.29, 0.717) is 24.1 Å². The Morgan fingerprint density at radius 3 is 2.88 bits per heavy atom. The van der Waals surface area contributed by atoms with Crippen LogP contribution < -0.4 is 0 Å². The summed E-state index contributed by atoms with van der Waals surface area (Å²) in [6, 6.07) is 1.44. The molecule has 0 fully saturated rings. The van der Waals surface area contributed by atoms with E-state index in [1.54, 1.807) is 6.92 Å². The number of nitro groups is 1. The van der Waals surface area contributed by atoms with Crippen LogP contribution in [0.5, 0.6) is 0 Å². The zero-order valence-corrected chi connectivity index (χ0v) is 9.51. The number of rotatable bonds is 5. The number of aliphatic hydroxyl groups excluding tert-OH is 1. The lowest BCUT2D eigenvalue weighted by molar-refractivity contribution is -0.385. The van der Waals surface area contributed by atoms with E-state index in [4.69, 9.17) is 0 Å². The van der Waals surface area contributed by atoms with Gasteiger partial charge in [0.05, 0.1) is 11.0 Å². The monoisotopic (exact) mass is 224 g/mol. The Kier molecular flexibility index (Phi) is 4.37. The molecule has 0 aromatic carbocycles. The molecule has 0 aliphatic heterocycles. The van der Waals surface area contributed by atoms with Gasteiger partial charge >= 0.3 is 0 Å². The van der Waals surface area contributed by atoms with Crippen molar-refractivity contribution in [2.75, 3.05) is 0 Å². The van der Waals surface area contributed by atoms with Crippen molar-refractivity contribution in [1.82, 2.24) is 4.98 Å². The van der Waals surface area contributed by atoms with Crippen molar-refractivity contribution in [3.63, 3.8) is 0 Å². The van der Waals surface area contributed by atoms with Crippen LogP contribution in [0.3, 0.4) is 0 Å². The molecule has 1 rings (SSSR count). The lowest BCUT2D eigenvalue weighted by atomic mass is 10.1. The number of aliphatic hydroxyl groups is 1. The second-order valence-electron chi connectivity index (χ2n) is 3.87. The standard InChI is InChI=1S/C11H16N2O3/c1-3-4-10(14)5-9-6-11(13(15)16)8(2)7-12-9/h6-7,10,14H,3-5H2,1-2H3. The second-order valence-corrected chi connectivity index (χ2v) is 3.87. The summed E-state index contributed by atoms with van der Waals surface area (Å²) in [5, 5.41) is 20.3. The summed E-state index contributed by atoms with van der Waals surface area (Å²) in [6.07, 6.45) is 2.94. The third kappa shape index (κ3) is 3.27. The first-order valence-corrected chi connectivity index (χ1v) is 5.32. The maximum atomic E-state index is 10.7. The Morgan fingerprint density at radius 2 is 2.31 bits per heavy atom. The minimum Gasteiger partial charge on any atom is -0.393 e. The molecule has 0 radical (unpaired) electrons. The van der Waals surface area contributed by atoms with E-state index in [-0.39, 0.29) is 5.69 Å². The quantitative estimate of drug-likeness (QED) is 0.613. The number of aryl methyl sites for hydroxylation is 1. The molecular weight excluding hydrogens is 208 g/mol. The molecule has 0 aliphatic carbocycles. The summed E-state index contributed by atoms with van der Waals surface area (Å²) < 4.78 is 0. The van der Waals surface area contributed by atoms with E-state index in [9.17, 15) is 15.2 Å². The molecule has 1 aromatic heterocycles. The summed E-state index contributed by atoms with van der Waals surface area (Å²) in [4.78, 5) is 14.4. The van der Waals surface area contributed by atoms with E-state index < -0.39 is 11.0 Å². The molecule has 1 atom stereocenters. The molecule has 0 amide bonds. The van der Waals surface area contributed by atoms with Gasteiger partial charge in [0.2, 0.25) is 0 Å². The molecule has 0 bridgehead atoms. The summed E-state index contributed by atoms with van der Waals surface area (Å²) >= 11 is 0. The number of aromatic nitrogens is 1. The van der Waals surface area contributed by atoms with E-state index >= 15 is 0 Å². The van der Waals surface area contributed by atoms with Gasteiger partial charge in [-0.15, -0.1) is 0 Å². The van der Waals surface area contributed by atoms with Crippen molar-refractivity contribution in [2.24, 2.45) is 0 Å². The van der Waals surface area contributed by atoms with Crippen LogP contribution in [0.1, 0.15) is 31.0 Å². The zero-order valence-electron chi connectivity index (χ0n) is 9.51. The fraction of sp³-hybridized carbons (Fsp3) is 0.545. The highest BCUT2D eigenvalue weighted by atomic mass is 16.6. The van der Waals surface area contributed by atoms with Gasteiger partial charge < -0.3 is 5.11 Å². The SMILES string of the molecule is CCCC(O)Cc1cc([N+](=O)[O-])c(C)cn1. The lowest BCUT2D eigenvalue weighted by Gasteiger charge is -2.08. The molecule has 1 heterocycles. The van der Waals surface area contributed by atoms with Gasteiger partial charge in [0.25, 0.3) is 5.69 Å². The maximum absolute atomic E-state index is 10.7. The topological polar surface area (TPSA) is 76.3 Å². The zero-order chi connectivity index (χ0) is 12.1. The fourth-order valence-electron chi connectivity index (χ4n) is 1.54. The predicted molar refractivity (Wildman–Crippen MR) is 60.2 cm³/mol. The highest BCUT2D eigenvalue weighted by molar-refractivity contribution is 5.38. The first-order valence-electron chi connectivity index (χ1n) is 5.32. The molecule has 1 N–H and O–H groups in total. The molecule has 0 spiro atoms. The van der Waals surface area contributed by atoms with Crippen molar-refractivity contribution >= 4 is 5.69 Å². The van der Waals surface area contributed by atoms with Gasteiger partial charge in [-0.25, -0.2) is 0 Å². The average Bonchev–Trinajstić information content (AvgIpc) is 2.21. The van der Waals surface area contributed by atoms with Crippen molar-refractivity contribution in [3.05, 3.63) is 33.6 Å². The molecule has 1 unspecified atom stereocenters. The first-order chi connectivity index (χ1) is 7.54. The molecule has 1 aromatic rings. The molecule has 16 heavy (non-hydrogen) atoms. The van der Waals surface area contributed by atoms with Crippen molar-refractivity contribution in [2.45, 2.75) is 39.2 Å². The third-order valence-electron chi connectivity index (χ3n) is 2.39. The summed E-state index contributed by atoms with van der Waals surface area (Å²) in [5.41, 5.74) is 1.17. The minimum atomic E-state index is -0.472. The second kappa shape index (κ2) is 5.55. The molecule has 0 saturated heterocycles. The van der Waals surface area contributed by atoms with Gasteiger partial charge in [-0.1, -0.05) is 13.3 Å². The summed E-state index contributed by atoms with van der Waals surface area (Å²) in [5.74, 6) is 0. The minimum absolute atomic E-state index is 0.0636. The number of hydrogen-bond acceptors (Lipinski definition) is 4. The number of pyridine rings is 1. The number of nitrogens with zero attached hydrogens (tertiary/aromatic N) is 2. The smallest absolute Gasteiger partial charge is 0.275 e. The van der Waals surface area contributed by atoms with Crippen LogP contribution in [-0.4, -0.2) is 21.1 Å². The van der Waals surface area contributed by atoms with Crippen LogP contribution in [0.4, 0.5) is 5.69 Å². The Morgan fingerprint density at radius 1 is 1.62 bits per heavy atom. The van der Waals surface area contributed by atoms with E-state index in [0.717, 1.165) is 6.42 Å². The first kappa shape index (κ1) is 12.6. The van der Waals surface area contributed by atoms with Crippen LogP contribution in [0.15, 0.2) is 12.3 Å². The van der Waals surface area contributed by atoms with Gasteiger partial charge in [0.15, 0.2) is 0 Å². The van der Waals surface area contributed by atoms with Gasteiger partial charge in [-0.2, -0.15) is 0 Å². The normalized spacial score (nSPS) is 12.4. The van der Waals surface area contributed by atoms with Gasteiger partial charge in [-0.3, -0.25) is 15.1 Å². The molecule has 88 valence electrons. The lowest BCUT2D eigenvalue weighted by Crippen LogP contribution is -2.11. The molecule has 5 heteroatoms. The maximum Gasteiger partial charge on any atom is 0.275 e. The van der Waals surface area contributed by atoms with Gasteiger partial charge in [0, 0.05) is 29.9 Å². The van der Waals surface area contributed by atoms with Crippen LogP contribution in [0.2, 0.25) is 0 Å². The molecule has 0 aliphatic rings. The van der Waals surface area contributed by atoms with Crippen molar-refractivity contribution in [1.29, 1.82) is 0 Å². The summed E-state index contributed by atoms with van der Waals surface area (Å²) in [6.45, 7) is 3.63. The van der Waals surface area contributed by atoms with Gasteiger partial charge in [0.1, 0.15) is 0 Å². The molecular formula is C11H16N2O3. The van der Waals surface area contributed by atoms with E-state index in [1.807, 2.05) is 6.92 Å². The average molecular weight is 224 g/mol. The summed E-state index contributed by atoms with van der Waals surface area (Å²) in [7, 11) is 0. The molecule has 5 nitrogen and oxygen atoms in total. The van der Waals surface area contributed by atoms with Crippen LogP contribution in [0.25, 0.3) is 0 Å². The largest absolute Gasteiger partial charge is 0.393 e. The Bertz CT molecular complexity index is 379. The van der Waals surface area contributed by atoms with Gasteiger partial charge in [-0.05, 0) is 13.3 Å². The predicted octanol–water partition coefficient (Wildman–Crippen LogP) is 2.00. The highest BCUT2D eigenvalue weighted by Gasteiger charge is 2.13. The fourth-order valence-corrected chi connectivity index (χ4v) is 1.54. The third-order valence-corrected chi connectivity index (χ3v) is 2.39. The van der Waals surface area contributed by atoms with Crippen LogP contribution in [-0.2, 0) is 6.42 Å². The van der Waals surface area contributed by atoms with Crippen molar-refractivity contribution in [3.8, 4) is 0 Å². The van der Waals surface area contributed by atoms with Crippen LogP contribution >= 0.6 is 0 Å². The van der Waals surface area contributed by atoms with Crippen molar-refractivity contribution < 1.29 is 10.0 Å². The Balaban J connectivity index is 2.82.